The monoisotopic (exact) mass is 686 g/mol. The Morgan fingerprint density at radius 2 is 1.82 bits per heavy atom. The Hall–Kier alpha value is -4.79. The number of nitrogens with zero attached hydrogens (tertiary/aromatic N) is 8. The molecule has 0 bridgehead atoms. The van der Waals surface area contributed by atoms with Crippen LogP contribution in [-0.4, -0.2) is 101 Å². The molecular weight excluding hydrogens is 651 g/mol. The van der Waals surface area contributed by atoms with E-state index >= 15 is 4.39 Å². The molecule has 254 valence electrons. The summed E-state index contributed by atoms with van der Waals surface area (Å²) in [5.74, 6) is -1.05. The topological polar surface area (TPSA) is 102 Å². The molecule has 6 heterocycles. The van der Waals surface area contributed by atoms with Gasteiger partial charge in [-0.2, -0.15) is 5.10 Å². The molecular formula is C35H36F2N8O3S. The first-order chi connectivity index (χ1) is 23.8. The number of thiophene rings is 1. The van der Waals surface area contributed by atoms with Crippen LogP contribution in [0.4, 0.5) is 14.7 Å². The molecule has 0 spiro atoms. The lowest BCUT2D eigenvalue weighted by atomic mass is 9.96. The number of likely N-dealkylation sites (N-methyl/N-ethyl adjacent to an activating group) is 1. The third kappa shape index (κ3) is 6.15. The van der Waals surface area contributed by atoms with E-state index in [0.717, 1.165) is 43.3 Å². The van der Waals surface area contributed by atoms with Gasteiger partial charge in [0.2, 0.25) is 11.9 Å². The minimum absolute atomic E-state index is 0.0278. The van der Waals surface area contributed by atoms with E-state index < -0.39 is 11.6 Å². The maximum Gasteiger partial charge on any atom is 0.246 e. The summed E-state index contributed by atoms with van der Waals surface area (Å²) in [7, 11) is 3.62. The first-order valence-electron chi connectivity index (χ1n) is 16.1. The van der Waals surface area contributed by atoms with Gasteiger partial charge < -0.3 is 24.2 Å². The van der Waals surface area contributed by atoms with Gasteiger partial charge in [-0.15, -0.1) is 11.3 Å². The van der Waals surface area contributed by atoms with Crippen LogP contribution in [0, 0.1) is 11.6 Å². The molecule has 0 radical (unpaired) electrons. The fourth-order valence-electron chi connectivity index (χ4n) is 6.45. The Labute approximate surface area is 286 Å². The second kappa shape index (κ2) is 13.6. The van der Waals surface area contributed by atoms with E-state index in [-0.39, 0.29) is 36.5 Å². The van der Waals surface area contributed by atoms with Crippen molar-refractivity contribution in [1.29, 1.82) is 0 Å². The van der Waals surface area contributed by atoms with Crippen LogP contribution in [0.3, 0.4) is 0 Å². The fraction of sp³-hybridized carbons (Fsp3) is 0.343. The average molecular weight is 687 g/mol. The number of hydrogen-bond acceptors (Lipinski definition) is 10. The number of halogens is 2. The molecule has 1 fully saturated rings. The van der Waals surface area contributed by atoms with Crippen molar-refractivity contribution in [1.82, 2.24) is 34.5 Å². The molecule has 1 saturated heterocycles. The number of methoxy groups -OCH3 is 1. The van der Waals surface area contributed by atoms with Crippen molar-refractivity contribution in [3.8, 4) is 39.5 Å². The van der Waals surface area contributed by atoms with Crippen LogP contribution >= 0.6 is 11.3 Å². The van der Waals surface area contributed by atoms with Gasteiger partial charge in [0.05, 0.1) is 36.1 Å². The van der Waals surface area contributed by atoms with E-state index in [1.807, 2.05) is 29.1 Å². The Balaban J connectivity index is 1.42. The highest BCUT2D eigenvalue weighted by Gasteiger charge is 2.31. The number of hydrogen-bond donors (Lipinski definition) is 0. The highest BCUT2D eigenvalue weighted by atomic mass is 32.1. The Morgan fingerprint density at radius 1 is 1.04 bits per heavy atom. The van der Waals surface area contributed by atoms with E-state index in [1.165, 1.54) is 30.6 Å². The number of benzene rings is 1. The predicted octanol–water partition coefficient (Wildman–Crippen LogP) is 5.43. The van der Waals surface area contributed by atoms with E-state index in [0.29, 0.717) is 51.9 Å². The number of piperazine rings is 1. The predicted molar refractivity (Wildman–Crippen MR) is 185 cm³/mol. The molecule has 4 aromatic heterocycles. The molecule has 7 rings (SSSR count). The molecule has 0 N–H and O–H groups in total. The third-order valence-electron chi connectivity index (χ3n) is 9.08. The quantitative estimate of drug-likeness (QED) is 0.149. The highest BCUT2D eigenvalue weighted by molar-refractivity contribution is 7.18. The molecule has 11 nitrogen and oxygen atoms in total. The van der Waals surface area contributed by atoms with Gasteiger partial charge in [-0.25, -0.2) is 23.7 Å². The Bertz CT molecular complexity index is 2020. The largest absolute Gasteiger partial charge is 0.490 e. The summed E-state index contributed by atoms with van der Waals surface area (Å²) in [4.78, 5) is 33.4. The van der Waals surface area contributed by atoms with Gasteiger partial charge in [0, 0.05) is 85.6 Å². The zero-order valence-electron chi connectivity index (χ0n) is 27.5. The Kier molecular flexibility index (Phi) is 9.09. The number of amides is 1. The van der Waals surface area contributed by atoms with Crippen LogP contribution in [-0.2, 0) is 16.1 Å². The second-order valence-corrected chi connectivity index (χ2v) is 13.0. The van der Waals surface area contributed by atoms with E-state index in [1.54, 1.807) is 17.3 Å². The lowest BCUT2D eigenvalue weighted by molar-refractivity contribution is -0.129. The molecule has 0 unspecified atom stereocenters. The molecule has 2 aliphatic rings. The number of rotatable bonds is 9. The van der Waals surface area contributed by atoms with Crippen LogP contribution in [0.5, 0.6) is 5.75 Å². The SMILES string of the molecule is C=CC(=O)N1CCn2nc(-c3nc(-c4cnc(N5CCN(C)CC5)nc4)c4ccsc4c3-c3c(F)cc(F)cc3OCCOC)cc2[C@H]1C. The van der Waals surface area contributed by atoms with Gasteiger partial charge in [-0.05, 0) is 37.6 Å². The van der Waals surface area contributed by atoms with Crippen molar-refractivity contribution >= 4 is 33.3 Å². The summed E-state index contributed by atoms with van der Waals surface area (Å²) in [5.41, 5.74) is 3.44. The van der Waals surface area contributed by atoms with Gasteiger partial charge >= 0.3 is 0 Å². The summed E-state index contributed by atoms with van der Waals surface area (Å²) in [6, 6.07) is 5.53. The van der Waals surface area contributed by atoms with Crippen molar-refractivity contribution in [2.75, 3.05) is 65.0 Å². The van der Waals surface area contributed by atoms with Crippen molar-refractivity contribution < 1.29 is 23.0 Å². The van der Waals surface area contributed by atoms with Crippen molar-refractivity contribution in [3.05, 3.63) is 72.0 Å². The summed E-state index contributed by atoms with van der Waals surface area (Å²) in [6.45, 7) is 10.3. The second-order valence-electron chi connectivity index (χ2n) is 12.1. The minimum Gasteiger partial charge on any atom is -0.490 e. The molecule has 0 saturated carbocycles. The number of anilines is 1. The number of aromatic nitrogens is 5. The fourth-order valence-corrected chi connectivity index (χ4v) is 7.40. The van der Waals surface area contributed by atoms with Gasteiger partial charge in [0.25, 0.3) is 0 Å². The maximum atomic E-state index is 16.1. The number of pyridine rings is 1. The van der Waals surface area contributed by atoms with Crippen molar-refractivity contribution in [2.24, 2.45) is 0 Å². The van der Waals surface area contributed by atoms with Crippen molar-refractivity contribution in [2.45, 2.75) is 19.5 Å². The maximum absolute atomic E-state index is 16.1. The molecule has 0 aliphatic carbocycles. The first kappa shape index (κ1) is 32.7. The van der Waals surface area contributed by atoms with Crippen LogP contribution in [0.1, 0.15) is 18.7 Å². The summed E-state index contributed by atoms with van der Waals surface area (Å²) in [6.07, 6.45) is 4.83. The number of carbonyl (C=O) groups excluding carboxylic acids is 1. The summed E-state index contributed by atoms with van der Waals surface area (Å²) in [5, 5.41) is 7.60. The lowest BCUT2D eigenvalue weighted by Gasteiger charge is -2.33. The zero-order valence-corrected chi connectivity index (χ0v) is 28.3. The van der Waals surface area contributed by atoms with Crippen LogP contribution < -0.4 is 9.64 Å². The smallest absolute Gasteiger partial charge is 0.246 e. The Morgan fingerprint density at radius 3 is 2.55 bits per heavy atom. The van der Waals surface area contributed by atoms with Crippen molar-refractivity contribution in [3.63, 3.8) is 0 Å². The standard InChI is InChI=1S/C35H36F2N8O3S/c1-5-29(46)44-11-12-45-27(21(44)2)18-26(41-45)33-31(30-25(37)16-23(36)17-28(30)48-14-13-47-4)34-24(6-15-49-34)32(40-33)22-19-38-35(39-20-22)43-9-7-42(3)8-10-43/h5-6,15-21H,1,7-14H2,2-4H3/t21-/m1/s1. The van der Waals surface area contributed by atoms with E-state index in [4.69, 9.17) is 29.5 Å². The molecule has 1 aromatic carbocycles. The molecule has 14 heteroatoms. The number of ether oxygens (including phenoxy) is 2. The molecule has 1 amide bonds. The zero-order chi connectivity index (χ0) is 34.2. The van der Waals surface area contributed by atoms with Gasteiger partial charge in [0.1, 0.15) is 35.4 Å². The number of carbonyl (C=O) groups is 1. The summed E-state index contributed by atoms with van der Waals surface area (Å²) < 4.78 is 44.4. The van der Waals surface area contributed by atoms with E-state index in [2.05, 4.69) is 23.4 Å². The lowest BCUT2D eigenvalue weighted by Crippen LogP contribution is -2.45. The van der Waals surface area contributed by atoms with Crippen LogP contribution in [0.25, 0.3) is 43.9 Å². The van der Waals surface area contributed by atoms with Gasteiger partial charge in [-0.3, -0.25) is 9.48 Å². The molecule has 49 heavy (non-hydrogen) atoms. The average Bonchev–Trinajstić information content (AvgIpc) is 3.77. The van der Waals surface area contributed by atoms with E-state index in [9.17, 15) is 9.18 Å². The highest BCUT2D eigenvalue weighted by Crippen LogP contribution is 2.47. The van der Waals surface area contributed by atoms with Crippen LogP contribution in [0.15, 0.2) is 54.7 Å². The molecule has 1 atom stereocenters. The van der Waals surface area contributed by atoms with Crippen LogP contribution in [0.2, 0.25) is 0 Å². The summed E-state index contributed by atoms with van der Waals surface area (Å²) >= 11 is 1.41. The molecule has 5 aromatic rings. The normalized spacial score (nSPS) is 16.6. The molecule has 2 aliphatic heterocycles. The minimum atomic E-state index is -0.794. The van der Waals surface area contributed by atoms with Gasteiger partial charge in [0.15, 0.2) is 0 Å². The number of fused-ring (bicyclic) bond motifs is 2. The first-order valence-corrected chi connectivity index (χ1v) is 16.9. The third-order valence-corrected chi connectivity index (χ3v) is 10.0. The van der Waals surface area contributed by atoms with Gasteiger partial charge in [-0.1, -0.05) is 6.58 Å².